The summed E-state index contributed by atoms with van der Waals surface area (Å²) in [5, 5.41) is 2.81. The van der Waals surface area contributed by atoms with Crippen LogP contribution in [0.5, 0.6) is 0 Å². The molecule has 1 aliphatic rings. The van der Waals surface area contributed by atoms with Gasteiger partial charge in [-0.25, -0.2) is 0 Å². The van der Waals surface area contributed by atoms with Crippen LogP contribution in [0, 0.1) is 0 Å². The summed E-state index contributed by atoms with van der Waals surface area (Å²) in [5.74, 6) is 0.0655. The zero-order valence-electron chi connectivity index (χ0n) is 11.3. The minimum absolute atomic E-state index is 0.000556. The van der Waals surface area contributed by atoms with E-state index in [0.717, 1.165) is 12.8 Å². The lowest BCUT2D eigenvalue weighted by Gasteiger charge is -2.34. The van der Waals surface area contributed by atoms with E-state index in [1.54, 1.807) is 0 Å². The first-order chi connectivity index (χ1) is 8.01. The molecular weight excluding hydrogens is 216 g/mol. The van der Waals surface area contributed by atoms with Gasteiger partial charge in [0.15, 0.2) is 0 Å². The number of hydrogen-bond acceptors (Lipinski definition) is 2. The number of nitrogens with one attached hydrogen (secondary N) is 1. The Bertz CT molecular complexity index is 291. The summed E-state index contributed by atoms with van der Waals surface area (Å²) in [7, 11) is 0. The van der Waals surface area contributed by atoms with Crippen molar-refractivity contribution in [2.45, 2.75) is 71.5 Å². The topological polar surface area (TPSA) is 49.4 Å². The van der Waals surface area contributed by atoms with E-state index in [1.165, 1.54) is 0 Å². The van der Waals surface area contributed by atoms with Gasteiger partial charge in [-0.05, 0) is 26.7 Å². The summed E-state index contributed by atoms with van der Waals surface area (Å²) >= 11 is 0. The second kappa shape index (κ2) is 6.03. The predicted octanol–water partition coefficient (Wildman–Crippen LogP) is 1.69. The van der Waals surface area contributed by atoms with Gasteiger partial charge in [0.2, 0.25) is 11.8 Å². The van der Waals surface area contributed by atoms with Gasteiger partial charge in [-0.1, -0.05) is 20.3 Å². The van der Waals surface area contributed by atoms with Crippen LogP contribution in [0.1, 0.15) is 53.4 Å². The Hall–Kier alpha value is -1.06. The molecule has 98 valence electrons. The molecule has 1 saturated heterocycles. The van der Waals surface area contributed by atoms with Gasteiger partial charge in [-0.15, -0.1) is 0 Å². The maximum Gasteiger partial charge on any atom is 0.245 e. The Kier molecular flexibility index (Phi) is 4.97. The van der Waals surface area contributed by atoms with Gasteiger partial charge in [0.25, 0.3) is 0 Å². The van der Waals surface area contributed by atoms with E-state index in [0.29, 0.717) is 12.8 Å². The molecule has 1 N–H and O–H groups in total. The zero-order valence-corrected chi connectivity index (χ0v) is 11.3. The van der Waals surface area contributed by atoms with Gasteiger partial charge in [0, 0.05) is 18.5 Å². The highest BCUT2D eigenvalue weighted by atomic mass is 16.2. The van der Waals surface area contributed by atoms with Crippen LogP contribution in [-0.2, 0) is 9.59 Å². The zero-order chi connectivity index (χ0) is 13.0. The standard InChI is InChI=1S/C13H24N2O2/c1-5-7-9(3)15-10(4)8-12(16)14-11(6-2)13(15)17/h9-11H,5-8H2,1-4H3,(H,14,16). The second-order valence-electron chi connectivity index (χ2n) is 4.96. The van der Waals surface area contributed by atoms with Crippen molar-refractivity contribution in [2.24, 2.45) is 0 Å². The van der Waals surface area contributed by atoms with Crippen molar-refractivity contribution in [2.75, 3.05) is 0 Å². The number of carbonyl (C=O) groups is 2. The van der Waals surface area contributed by atoms with Crippen molar-refractivity contribution in [1.82, 2.24) is 10.2 Å². The first-order valence-electron chi connectivity index (χ1n) is 6.62. The molecule has 4 nitrogen and oxygen atoms in total. The summed E-state index contributed by atoms with van der Waals surface area (Å²) in [4.78, 5) is 25.9. The van der Waals surface area contributed by atoms with Crippen LogP contribution < -0.4 is 5.32 Å². The average Bonchev–Trinajstić information content (AvgIpc) is 2.35. The number of rotatable bonds is 4. The highest BCUT2D eigenvalue weighted by Crippen LogP contribution is 2.18. The van der Waals surface area contributed by atoms with Crippen molar-refractivity contribution >= 4 is 11.8 Å². The third kappa shape index (κ3) is 3.20. The van der Waals surface area contributed by atoms with Gasteiger partial charge >= 0.3 is 0 Å². The van der Waals surface area contributed by atoms with Crippen LogP contribution in [0.3, 0.4) is 0 Å². The van der Waals surface area contributed by atoms with E-state index in [2.05, 4.69) is 19.2 Å². The molecule has 0 spiro atoms. The molecule has 0 aromatic heterocycles. The van der Waals surface area contributed by atoms with Gasteiger partial charge in [-0.3, -0.25) is 9.59 Å². The molecule has 0 aromatic rings. The van der Waals surface area contributed by atoms with E-state index < -0.39 is 0 Å². The monoisotopic (exact) mass is 240 g/mol. The second-order valence-corrected chi connectivity index (χ2v) is 4.96. The van der Waals surface area contributed by atoms with Gasteiger partial charge in [0.1, 0.15) is 6.04 Å². The molecule has 3 atom stereocenters. The number of nitrogens with zero attached hydrogens (tertiary/aromatic N) is 1. The minimum atomic E-state index is -0.341. The summed E-state index contributed by atoms with van der Waals surface area (Å²) in [6.45, 7) is 8.08. The van der Waals surface area contributed by atoms with Crippen molar-refractivity contribution in [3.8, 4) is 0 Å². The molecule has 1 aliphatic heterocycles. The van der Waals surface area contributed by atoms with E-state index in [4.69, 9.17) is 0 Å². The third-order valence-electron chi connectivity index (χ3n) is 3.43. The number of hydrogen-bond donors (Lipinski definition) is 1. The van der Waals surface area contributed by atoms with Crippen LogP contribution >= 0.6 is 0 Å². The van der Waals surface area contributed by atoms with Crippen LogP contribution in [-0.4, -0.2) is 34.8 Å². The molecule has 4 heteroatoms. The Balaban J connectivity index is 2.90. The highest BCUT2D eigenvalue weighted by molar-refractivity contribution is 5.90. The summed E-state index contributed by atoms with van der Waals surface area (Å²) in [5.41, 5.74) is 0. The first-order valence-corrected chi connectivity index (χ1v) is 6.62. The average molecular weight is 240 g/mol. The first kappa shape index (κ1) is 14.0. The molecule has 0 aliphatic carbocycles. The lowest BCUT2D eigenvalue weighted by atomic mass is 10.1. The minimum Gasteiger partial charge on any atom is -0.344 e. The molecular formula is C13H24N2O2. The fourth-order valence-corrected chi connectivity index (χ4v) is 2.56. The van der Waals surface area contributed by atoms with Gasteiger partial charge < -0.3 is 10.2 Å². The van der Waals surface area contributed by atoms with E-state index in [1.807, 2.05) is 18.7 Å². The molecule has 0 saturated carbocycles. The predicted molar refractivity (Wildman–Crippen MR) is 67.5 cm³/mol. The molecule has 2 amide bonds. The molecule has 0 bridgehead atoms. The Labute approximate surface area is 104 Å². The molecule has 1 fully saturated rings. The van der Waals surface area contributed by atoms with E-state index >= 15 is 0 Å². The van der Waals surface area contributed by atoms with Crippen molar-refractivity contribution in [3.63, 3.8) is 0 Å². The summed E-state index contributed by atoms with van der Waals surface area (Å²) < 4.78 is 0. The maximum atomic E-state index is 12.4. The Morgan fingerprint density at radius 2 is 2.06 bits per heavy atom. The molecule has 17 heavy (non-hydrogen) atoms. The quantitative estimate of drug-likeness (QED) is 0.813. The maximum absolute atomic E-state index is 12.4. The van der Waals surface area contributed by atoms with Crippen molar-refractivity contribution in [1.29, 1.82) is 0 Å². The fraction of sp³-hybridized carbons (Fsp3) is 0.846. The molecule has 3 unspecified atom stereocenters. The fourth-order valence-electron chi connectivity index (χ4n) is 2.56. The van der Waals surface area contributed by atoms with Crippen molar-refractivity contribution < 1.29 is 9.59 Å². The number of carbonyl (C=O) groups excluding carboxylic acids is 2. The Morgan fingerprint density at radius 3 is 2.59 bits per heavy atom. The van der Waals surface area contributed by atoms with Crippen LogP contribution in [0.2, 0.25) is 0 Å². The van der Waals surface area contributed by atoms with Gasteiger partial charge in [0.05, 0.1) is 0 Å². The van der Waals surface area contributed by atoms with Crippen molar-refractivity contribution in [3.05, 3.63) is 0 Å². The summed E-state index contributed by atoms with van der Waals surface area (Å²) in [6, 6.07) is -0.128. The Morgan fingerprint density at radius 1 is 1.41 bits per heavy atom. The highest BCUT2D eigenvalue weighted by Gasteiger charge is 2.35. The molecule has 0 aromatic carbocycles. The van der Waals surface area contributed by atoms with Crippen LogP contribution in [0.4, 0.5) is 0 Å². The molecule has 1 heterocycles. The van der Waals surface area contributed by atoms with Crippen LogP contribution in [0.25, 0.3) is 0 Å². The largest absolute Gasteiger partial charge is 0.344 e. The lowest BCUT2D eigenvalue weighted by Crippen LogP contribution is -2.49. The van der Waals surface area contributed by atoms with Gasteiger partial charge in [-0.2, -0.15) is 0 Å². The third-order valence-corrected chi connectivity index (χ3v) is 3.43. The normalized spacial score (nSPS) is 27.6. The van der Waals surface area contributed by atoms with E-state index in [9.17, 15) is 9.59 Å². The molecule has 0 radical (unpaired) electrons. The summed E-state index contributed by atoms with van der Waals surface area (Å²) in [6.07, 6.45) is 3.11. The molecule has 1 rings (SSSR count). The van der Waals surface area contributed by atoms with Crippen LogP contribution in [0.15, 0.2) is 0 Å². The number of amides is 2. The SMILES string of the molecule is CCCC(C)N1C(=O)C(CC)NC(=O)CC1C. The van der Waals surface area contributed by atoms with E-state index in [-0.39, 0.29) is 29.9 Å². The lowest BCUT2D eigenvalue weighted by molar-refractivity contribution is -0.137. The smallest absolute Gasteiger partial charge is 0.245 e.